The minimum absolute atomic E-state index is 0.411. The average molecular weight is 200 g/mol. The minimum atomic E-state index is -3.97. The van der Waals surface area contributed by atoms with Crippen molar-refractivity contribution in [1.29, 1.82) is 5.53 Å². The summed E-state index contributed by atoms with van der Waals surface area (Å²) in [5, 5.41) is 3.15. The van der Waals surface area contributed by atoms with Gasteiger partial charge in [0.2, 0.25) is 0 Å². The zero-order valence-corrected chi connectivity index (χ0v) is 7.45. The predicted molar refractivity (Wildman–Crippen MR) is 46.5 cm³/mol. The molecule has 5 nitrogen and oxygen atoms in total. The largest absolute Gasteiger partial charge is 0.285 e. The molecule has 0 spiro atoms. The molecule has 0 aliphatic carbocycles. The molecule has 0 radical (unpaired) electrons. The summed E-state index contributed by atoms with van der Waals surface area (Å²) in [5.74, 6) is -0.411. The summed E-state index contributed by atoms with van der Waals surface area (Å²) in [7, 11) is -3.97. The Balaban J connectivity index is 2.87. The molecule has 1 rings (SSSR count). The van der Waals surface area contributed by atoms with E-state index in [1.807, 2.05) is 0 Å². The molecule has 0 aromatic heterocycles. The van der Waals surface area contributed by atoms with Gasteiger partial charge in [0, 0.05) is 0 Å². The standard InChI is InChI=1S/C7H8N2O3S/c8-9-7-3-1-6(2-4-7)5-13(10,11)12/h1-4,8H,5H2,(H,10,11,12). The number of nitrogens with one attached hydrogen (secondary N) is 1. The Hall–Kier alpha value is -1.27. The van der Waals surface area contributed by atoms with E-state index in [0.29, 0.717) is 11.3 Å². The molecule has 0 atom stereocenters. The van der Waals surface area contributed by atoms with Gasteiger partial charge >= 0.3 is 0 Å². The van der Waals surface area contributed by atoms with Crippen LogP contribution in [0, 0.1) is 5.53 Å². The summed E-state index contributed by atoms with van der Waals surface area (Å²) in [6.07, 6.45) is 0. The molecule has 0 amide bonds. The van der Waals surface area contributed by atoms with Gasteiger partial charge in [0.05, 0.1) is 5.69 Å². The van der Waals surface area contributed by atoms with Gasteiger partial charge in [-0.05, 0) is 17.7 Å². The van der Waals surface area contributed by atoms with E-state index in [1.54, 1.807) is 0 Å². The fourth-order valence-corrected chi connectivity index (χ4v) is 1.49. The highest BCUT2D eigenvalue weighted by molar-refractivity contribution is 7.85. The van der Waals surface area contributed by atoms with Crippen LogP contribution in [0.2, 0.25) is 0 Å². The molecule has 0 saturated carbocycles. The van der Waals surface area contributed by atoms with Gasteiger partial charge in [-0.1, -0.05) is 12.1 Å². The molecule has 0 saturated heterocycles. The summed E-state index contributed by atoms with van der Waals surface area (Å²) < 4.78 is 29.4. The van der Waals surface area contributed by atoms with E-state index in [0.717, 1.165) is 0 Å². The van der Waals surface area contributed by atoms with E-state index >= 15 is 0 Å². The molecule has 0 aliphatic heterocycles. The number of rotatable bonds is 3. The zero-order valence-electron chi connectivity index (χ0n) is 6.64. The molecule has 1 aromatic carbocycles. The lowest BCUT2D eigenvalue weighted by atomic mass is 10.2. The fourth-order valence-electron chi connectivity index (χ4n) is 0.877. The number of hydrogen-bond donors (Lipinski definition) is 2. The molecule has 0 aliphatic rings. The van der Waals surface area contributed by atoms with Crippen LogP contribution in [0.4, 0.5) is 5.69 Å². The molecule has 13 heavy (non-hydrogen) atoms. The lowest BCUT2D eigenvalue weighted by molar-refractivity contribution is 0.482. The van der Waals surface area contributed by atoms with Crippen molar-refractivity contribution in [2.45, 2.75) is 5.75 Å². The van der Waals surface area contributed by atoms with Crippen LogP contribution in [0.15, 0.2) is 29.4 Å². The van der Waals surface area contributed by atoms with Crippen molar-refractivity contribution in [3.05, 3.63) is 29.8 Å². The number of benzene rings is 1. The predicted octanol–water partition coefficient (Wildman–Crippen LogP) is 1.74. The highest BCUT2D eigenvalue weighted by Gasteiger charge is 2.05. The molecule has 0 unspecified atom stereocenters. The molecule has 2 N–H and O–H groups in total. The normalized spacial score (nSPS) is 11.2. The zero-order chi connectivity index (χ0) is 9.90. The topological polar surface area (TPSA) is 90.6 Å². The smallest absolute Gasteiger partial charge is 0.269 e. The highest BCUT2D eigenvalue weighted by Crippen LogP contribution is 2.13. The minimum Gasteiger partial charge on any atom is -0.285 e. The van der Waals surface area contributed by atoms with Crippen LogP contribution in [-0.4, -0.2) is 13.0 Å². The SMILES string of the molecule is N=Nc1ccc(CS(=O)(=O)O)cc1. The third-order valence-corrected chi connectivity index (χ3v) is 2.11. The summed E-state index contributed by atoms with van der Waals surface area (Å²) in [4.78, 5) is 0. The van der Waals surface area contributed by atoms with Crippen molar-refractivity contribution in [2.75, 3.05) is 0 Å². The summed E-state index contributed by atoms with van der Waals surface area (Å²) in [6, 6.07) is 6.02. The molecule has 1 aromatic rings. The van der Waals surface area contributed by atoms with E-state index in [4.69, 9.17) is 10.1 Å². The maximum atomic E-state index is 10.5. The summed E-state index contributed by atoms with van der Waals surface area (Å²) in [5.41, 5.74) is 7.56. The van der Waals surface area contributed by atoms with Crippen LogP contribution in [0.1, 0.15) is 5.56 Å². The first kappa shape index (κ1) is 9.82. The van der Waals surface area contributed by atoms with E-state index < -0.39 is 15.9 Å². The average Bonchev–Trinajstić information content (AvgIpc) is 2.03. The van der Waals surface area contributed by atoms with Crippen LogP contribution in [0.3, 0.4) is 0 Å². The molecule has 6 heteroatoms. The Morgan fingerprint density at radius 2 is 1.85 bits per heavy atom. The lowest BCUT2D eigenvalue weighted by Crippen LogP contribution is -2.00. The van der Waals surface area contributed by atoms with Crippen LogP contribution in [0.25, 0.3) is 0 Å². The first-order valence-corrected chi connectivity index (χ1v) is 5.04. The molecule has 70 valence electrons. The second-order valence-electron chi connectivity index (χ2n) is 2.50. The maximum Gasteiger partial charge on any atom is 0.269 e. The molecular formula is C7H8N2O3S. The Morgan fingerprint density at radius 3 is 2.23 bits per heavy atom. The third-order valence-electron chi connectivity index (χ3n) is 1.41. The van der Waals surface area contributed by atoms with Gasteiger partial charge in [0.25, 0.3) is 10.1 Å². The first-order valence-electron chi connectivity index (χ1n) is 3.43. The van der Waals surface area contributed by atoms with Crippen molar-refractivity contribution in [1.82, 2.24) is 0 Å². The molecule has 0 bridgehead atoms. The van der Waals surface area contributed by atoms with Gasteiger partial charge < -0.3 is 0 Å². The van der Waals surface area contributed by atoms with Gasteiger partial charge in [-0.25, -0.2) is 5.53 Å². The highest BCUT2D eigenvalue weighted by atomic mass is 32.2. The molecule has 0 fully saturated rings. The quantitative estimate of drug-likeness (QED) is 0.575. The van der Waals surface area contributed by atoms with E-state index in [-0.39, 0.29) is 0 Å². The van der Waals surface area contributed by atoms with E-state index in [1.165, 1.54) is 24.3 Å². The van der Waals surface area contributed by atoms with Crippen LogP contribution in [-0.2, 0) is 15.9 Å². The maximum absolute atomic E-state index is 10.5. The van der Waals surface area contributed by atoms with Crippen molar-refractivity contribution >= 4 is 15.8 Å². The van der Waals surface area contributed by atoms with Crippen LogP contribution >= 0.6 is 0 Å². The number of nitrogens with zero attached hydrogens (tertiary/aromatic N) is 1. The van der Waals surface area contributed by atoms with Crippen LogP contribution < -0.4 is 0 Å². The molecule has 0 heterocycles. The Labute approximate surface area is 75.7 Å². The van der Waals surface area contributed by atoms with Gasteiger partial charge in [-0.2, -0.15) is 13.5 Å². The number of hydrogen-bond acceptors (Lipinski definition) is 4. The van der Waals surface area contributed by atoms with E-state index in [9.17, 15) is 8.42 Å². The summed E-state index contributed by atoms with van der Waals surface area (Å²) >= 11 is 0. The van der Waals surface area contributed by atoms with Crippen molar-refractivity contribution in [2.24, 2.45) is 5.11 Å². The van der Waals surface area contributed by atoms with Gasteiger partial charge in [0.1, 0.15) is 5.75 Å². The second kappa shape index (κ2) is 3.63. The van der Waals surface area contributed by atoms with E-state index in [2.05, 4.69) is 5.11 Å². The van der Waals surface area contributed by atoms with Gasteiger partial charge in [-0.15, -0.1) is 0 Å². The molecular weight excluding hydrogens is 192 g/mol. The monoisotopic (exact) mass is 200 g/mol. The summed E-state index contributed by atoms with van der Waals surface area (Å²) in [6.45, 7) is 0. The fraction of sp³-hybridized carbons (Fsp3) is 0.143. The van der Waals surface area contributed by atoms with Gasteiger partial charge in [0.15, 0.2) is 0 Å². The second-order valence-corrected chi connectivity index (χ2v) is 3.96. The Kier molecular flexibility index (Phi) is 2.74. The Morgan fingerprint density at radius 1 is 1.31 bits per heavy atom. The van der Waals surface area contributed by atoms with Crippen molar-refractivity contribution in [3.8, 4) is 0 Å². The van der Waals surface area contributed by atoms with Gasteiger partial charge in [-0.3, -0.25) is 4.55 Å². The first-order chi connectivity index (χ1) is 6.01. The van der Waals surface area contributed by atoms with Crippen LogP contribution in [0.5, 0.6) is 0 Å². The third kappa shape index (κ3) is 3.30. The van der Waals surface area contributed by atoms with Crippen molar-refractivity contribution in [3.63, 3.8) is 0 Å². The van der Waals surface area contributed by atoms with Crippen molar-refractivity contribution < 1.29 is 13.0 Å². The Bertz CT molecular complexity index is 396. The lowest BCUT2D eigenvalue weighted by Gasteiger charge is -1.97.